The van der Waals surface area contributed by atoms with Crippen LogP contribution in [0.4, 0.5) is 4.39 Å². The third kappa shape index (κ3) is 4.73. The minimum absolute atomic E-state index is 0.0470. The third-order valence-corrected chi connectivity index (χ3v) is 5.71. The molecule has 140 valence electrons. The summed E-state index contributed by atoms with van der Waals surface area (Å²) in [5.41, 5.74) is 1.24. The van der Waals surface area contributed by atoms with E-state index in [9.17, 15) is 17.6 Å². The van der Waals surface area contributed by atoms with Crippen LogP contribution in [-0.2, 0) is 16.6 Å². The van der Waals surface area contributed by atoms with Gasteiger partial charge in [-0.1, -0.05) is 18.1 Å². The number of hydrogen-bond acceptors (Lipinski definition) is 3. The number of sulfonamides is 1. The Labute approximate surface area is 158 Å². The number of amides is 1. The molecule has 1 amide bonds. The molecular formula is C20H19FN2O3S. The third-order valence-electron chi connectivity index (χ3n) is 4.29. The Morgan fingerprint density at radius 3 is 2.33 bits per heavy atom. The molecule has 5 nitrogen and oxygen atoms in total. The summed E-state index contributed by atoms with van der Waals surface area (Å²) in [5.74, 6) is 1.71. The van der Waals surface area contributed by atoms with Crippen LogP contribution in [0.15, 0.2) is 53.4 Å². The Morgan fingerprint density at radius 1 is 1.15 bits per heavy atom. The van der Waals surface area contributed by atoms with Gasteiger partial charge in [-0.2, -0.15) is 4.72 Å². The van der Waals surface area contributed by atoms with E-state index in [1.165, 1.54) is 36.4 Å². The first-order chi connectivity index (χ1) is 12.9. The maximum Gasteiger partial charge on any atom is 0.254 e. The Hall–Kier alpha value is -2.69. The normalized spacial score (nSPS) is 13.8. The van der Waals surface area contributed by atoms with Crippen molar-refractivity contribution in [2.75, 3.05) is 6.54 Å². The number of benzene rings is 2. The van der Waals surface area contributed by atoms with Gasteiger partial charge in [0.2, 0.25) is 10.0 Å². The topological polar surface area (TPSA) is 66.5 Å². The van der Waals surface area contributed by atoms with Crippen molar-refractivity contribution in [3.05, 3.63) is 65.5 Å². The van der Waals surface area contributed by atoms with Crippen LogP contribution in [-0.4, -0.2) is 31.8 Å². The maximum absolute atomic E-state index is 13.1. The molecule has 2 aromatic carbocycles. The van der Waals surface area contributed by atoms with Crippen LogP contribution in [0.2, 0.25) is 0 Å². The van der Waals surface area contributed by atoms with E-state index in [-0.39, 0.29) is 29.2 Å². The summed E-state index contributed by atoms with van der Waals surface area (Å²) < 4.78 is 39.5. The SMILES string of the molecule is C#CCNS(=O)(=O)c1ccc(C(=O)N(Cc2ccc(F)cc2)C2CC2)cc1. The predicted molar refractivity (Wildman–Crippen MR) is 99.8 cm³/mol. The van der Waals surface area contributed by atoms with Crippen molar-refractivity contribution in [2.24, 2.45) is 0 Å². The summed E-state index contributed by atoms with van der Waals surface area (Å²) >= 11 is 0. The second kappa shape index (κ2) is 7.91. The lowest BCUT2D eigenvalue weighted by Crippen LogP contribution is -2.32. The Kier molecular flexibility index (Phi) is 5.59. The van der Waals surface area contributed by atoms with E-state index in [0.29, 0.717) is 12.1 Å². The molecule has 0 aliphatic heterocycles. The van der Waals surface area contributed by atoms with Gasteiger partial charge in [0.1, 0.15) is 5.82 Å². The fourth-order valence-corrected chi connectivity index (χ4v) is 3.64. The van der Waals surface area contributed by atoms with Gasteiger partial charge >= 0.3 is 0 Å². The fourth-order valence-electron chi connectivity index (χ4n) is 2.70. The average Bonchev–Trinajstić information content (AvgIpc) is 3.50. The monoisotopic (exact) mass is 386 g/mol. The number of hydrogen-bond donors (Lipinski definition) is 1. The molecule has 0 saturated heterocycles. The molecule has 1 aliphatic rings. The van der Waals surface area contributed by atoms with Crippen molar-refractivity contribution in [1.29, 1.82) is 0 Å². The van der Waals surface area contributed by atoms with Crippen molar-refractivity contribution in [1.82, 2.24) is 9.62 Å². The summed E-state index contributed by atoms with van der Waals surface area (Å²) in [6.07, 6.45) is 6.92. The van der Waals surface area contributed by atoms with Crippen LogP contribution in [0, 0.1) is 18.2 Å². The summed E-state index contributed by atoms with van der Waals surface area (Å²) in [6.45, 7) is 0.281. The van der Waals surface area contributed by atoms with E-state index in [4.69, 9.17) is 6.42 Å². The number of nitrogens with one attached hydrogen (secondary N) is 1. The van der Waals surface area contributed by atoms with Crippen molar-refractivity contribution in [3.63, 3.8) is 0 Å². The van der Waals surface area contributed by atoms with Gasteiger partial charge < -0.3 is 4.90 Å². The van der Waals surface area contributed by atoms with Gasteiger partial charge in [-0.05, 0) is 54.8 Å². The van der Waals surface area contributed by atoms with Gasteiger partial charge in [0.05, 0.1) is 11.4 Å². The molecule has 0 unspecified atom stereocenters. The summed E-state index contributed by atoms with van der Waals surface area (Å²) in [5, 5.41) is 0. The van der Waals surface area contributed by atoms with Crippen LogP contribution >= 0.6 is 0 Å². The number of carbonyl (C=O) groups excluding carboxylic acids is 1. The van der Waals surface area contributed by atoms with Gasteiger partial charge in [-0.3, -0.25) is 4.79 Å². The molecule has 0 bridgehead atoms. The standard InChI is InChI=1S/C20H19FN2O3S/c1-2-13-22-27(25,26)19-11-5-16(6-12-19)20(24)23(18-9-10-18)14-15-3-7-17(21)8-4-15/h1,3-8,11-12,18,22H,9-10,13-14H2. The molecule has 1 aliphatic carbocycles. The van der Waals surface area contributed by atoms with E-state index in [1.54, 1.807) is 17.0 Å². The van der Waals surface area contributed by atoms with E-state index in [0.717, 1.165) is 18.4 Å². The highest BCUT2D eigenvalue weighted by atomic mass is 32.2. The van der Waals surface area contributed by atoms with Gasteiger partial charge in [0, 0.05) is 18.2 Å². The smallest absolute Gasteiger partial charge is 0.254 e. The zero-order valence-electron chi connectivity index (χ0n) is 14.6. The Balaban J connectivity index is 1.76. The number of carbonyl (C=O) groups is 1. The molecule has 1 N–H and O–H groups in total. The molecule has 0 radical (unpaired) electrons. The molecule has 7 heteroatoms. The van der Waals surface area contributed by atoms with Gasteiger partial charge in [-0.15, -0.1) is 6.42 Å². The molecule has 0 spiro atoms. The van der Waals surface area contributed by atoms with Crippen LogP contribution in [0.25, 0.3) is 0 Å². The second-order valence-electron chi connectivity index (χ2n) is 6.34. The largest absolute Gasteiger partial charge is 0.331 e. The molecule has 0 heterocycles. The minimum atomic E-state index is -3.69. The van der Waals surface area contributed by atoms with Crippen molar-refractivity contribution in [2.45, 2.75) is 30.3 Å². The minimum Gasteiger partial charge on any atom is -0.331 e. The second-order valence-corrected chi connectivity index (χ2v) is 8.11. The number of terminal acetylenes is 1. The highest BCUT2D eigenvalue weighted by Gasteiger charge is 2.33. The molecule has 2 aromatic rings. The Bertz CT molecular complexity index is 960. The lowest BCUT2D eigenvalue weighted by Gasteiger charge is -2.23. The lowest BCUT2D eigenvalue weighted by molar-refractivity contribution is 0.0730. The number of rotatable bonds is 7. The van der Waals surface area contributed by atoms with Crippen LogP contribution in [0.3, 0.4) is 0 Å². The zero-order chi connectivity index (χ0) is 19.4. The highest BCUT2D eigenvalue weighted by Crippen LogP contribution is 2.30. The molecule has 27 heavy (non-hydrogen) atoms. The van der Waals surface area contributed by atoms with Crippen LogP contribution in [0.1, 0.15) is 28.8 Å². The number of nitrogens with zero attached hydrogens (tertiary/aromatic N) is 1. The first-order valence-electron chi connectivity index (χ1n) is 8.49. The summed E-state index contributed by atoms with van der Waals surface area (Å²) in [6, 6.07) is 12.0. The van der Waals surface area contributed by atoms with Crippen molar-refractivity contribution < 1.29 is 17.6 Å². The van der Waals surface area contributed by atoms with E-state index >= 15 is 0 Å². The van der Waals surface area contributed by atoms with Gasteiger partial charge in [0.25, 0.3) is 5.91 Å². The predicted octanol–water partition coefficient (Wildman–Crippen LogP) is 2.54. The molecule has 3 rings (SSSR count). The molecule has 0 atom stereocenters. The lowest BCUT2D eigenvalue weighted by atomic mass is 10.1. The van der Waals surface area contributed by atoms with Gasteiger partial charge in [0.15, 0.2) is 0 Å². The first-order valence-corrected chi connectivity index (χ1v) is 9.97. The summed E-state index contributed by atoms with van der Waals surface area (Å²) in [4.78, 5) is 14.7. The van der Waals surface area contributed by atoms with Crippen molar-refractivity contribution >= 4 is 15.9 Å². The Morgan fingerprint density at radius 2 is 1.78 bits per heavy atom. The highest BCUT2D eigenvalue weighted by molar-refractivity contribution is 7.89. The molecule has 1 fully saturated rings. The van der Waals surface area contributed by atoms with Crippen LogP contribution in [0.5, 0.6) is 0 Å². The molecule has 0 aromatic heterocycles. The zero-order valence-corrected chi connectivity index (χ0v) is 15.4. The quantitative estimate of drug-likeness (QED) is 0.744. The van der Waals surface area contributed by atoms with Gasteiger partial charge in [-0.25, -0.2) is 12.8 Å². The van der Waals surface area contributed by atoms with E-state index in [2.05, 4.69) is 10.6 Å². The maximum atomic E-state index is 13.1. The average molecular weight is 386 g/mol. The van der Waals surface area contributed by atoms with Crippen molar-refractivity contribution in [3.8, 4) is 12.3 Å². The fraction of sp³-hybridized carbons (Fsp3) is 0.250. The van der Waals surface area contributed by atoms with Crippen LogP contribution < -0.4 is 4.72 Å². The van der Waals surface area contributed by atoms with E-state index < -0.39 is 10.0 Å². The number of halogens is 1. The molecule has 1 saturated carbocycles. The molecular weight excluding hydrogens is 367 g/mol. The van der Waals surface area contributed by atoms with E-state index in [1.807, 2.05) is 0 Å². The summed E-state index contributed by atoms with van der Waals surface area (Å²) in [7, 11) is -3.69. The first kappa shape index (κ1) is 19.1.